The van der Waals surface area contributed by atoms with Crippen LogP contribution in [0.15, 0.2) is 18.2 Å². The molecule has 0 saturated heterocycles. The average molecular weight is 236 g/mol. The molecule has 1 rings (SSSR count). The molecule has 0 aromatic heterocycles. The van der Waals surface area contributed by atoms with Crippen molar-refractivity contribution in [3.05, 3.63) is 29.3 Å². The van der Waals surface area contributed by atoms with Crippen molar-refractivity contribution in [3.63, 3.8) is 0 Å². The highest BCUT2D eigenvalue weighted by molar-refractivity contribution is 5.67. The lowest BCUT2D eigenvalue weighted by molar-refractivity contribution is -0.136. The maximum Gasteiger partial charge on any atom is 0.303 e. The number of carboxylic acids is 1. The zero-order valence-corrected chi connectivity index (χ0v) is 10.7. The minimum Gasteiger partial charge on any atom is -0.494 e. The van der Waals surface area contributed by atoms with E-state index >= 15 is 0 Å². The Kier molecular flexibility index (Phi) is 5.01. The molecule has 0 aliphatic carbocycles. The Bertz CT molecular complexity index is 383. The molecule has 0 spiro atoms. The third kappa shape index (κ3) is 4.10. The number of carboxylic acid groups (broad SMARTS) is 1. The number of aliphatic carboxylic acids is 1. The number of rotatable bonds is 6. The molecule has 0 amide bonds. The first-order valence-corrected chi connectivity index (χ1v) is 6.02. The van der Waals surface area contributed by atoms with Gasteiger partial charge in [0.2, 0.25) is 0 Å². The van der Waals surface area contributed by atoms with Crippen LogP contribution in [0.1, 0.15) is 44.2 Å². The monoisotopic (exact) mass is 236 g/mol. The van der Waals surface area contributed by atoms with Crippen LogP contribution in [0, 0.1) is 0 Å². The van der Waals surface area contributed by atoms with Gasteiger partial charge in [-0.3, -0.25) is 4.79 Å². The van der Waals surface area contributed by atoms with Gasteiger partial charge in [-0.25, -0.2) is 0 Å². The van der Waals surface area contributed by atoms with Crippen LogP contribution in [0.25, 0.3) is 0 Å². The normalized spacial score (nSPS) is 10.6. The van der Waals surface area contributed by atoms with Crippen LogP contribution < -0.4 is 4.74 Å². The van der Waals surface area contributed by atoms with E-state index in [1.54, 1.807) is 0 Å². The molecule has 0 bridgehead atoms. The molecule has 1 aromatic carbocycles. The van der Waals surface area contributed by atoms with Crippen molar-refractivity contribution in [1.29, 1.82) is 0 Å². The number of aryl methyl sites for hydroxylation is 1. The predicted molar refractivity (Wildman–Crippen MR) is 67.7 cm³/mol. The molecule has 0 fully saturated rings. The number of benzene rings is 1. The molecule has 0 aliphatic heterocycles. The first kappa shape index (κ1) is 13.6. The summed E-state index contributed by atoms with van der Waals surface area (Å²) in [6, 6.07) is 5.90. The Hall–Kier alpha value is -1.51. The van der Waals surface area contributed by atoms with Crippen molar-refractivity contribution in [2.24, 2.45) is 0 Å². The molecule has 94 valence electrons. The van der Waals surface area contributed by atoms with E-state index in [-0.39, 0.29) is 6.42 Å². The summed E-state index contributed by atoms with van der Waals surface area (Å²) < 4.78 is 5.46. The summed E-state index contributed by atoms with van der Waals surface area (Å²) in [6.45, 7) is 6.81. The van der Waals surface area contributed by atoms with Crippen LogP contribution in [0.4, 0.5) is 0 Å². The van der Waals surface area contributed by atoms with E-state index in [1.807, 2.05) is 25.1 Å². The lowest BCUT2D eigenvalue weighted by Crippen LogP contribution is -2.03. The van der Waals surface area contributed by atoms with Crippen molar-refractivity contribution in [3.8, 4) is 5.75 Å². The molecule has 1 aromatic rings. The minimum atomic E-state index is -0.756. The number of hydrogen-bond donors (Lipinski definition) is 1. The Labute approximate surface area is 102 Å². The van der Waals surface area contributed by atoms with Crippen LogP contribution in [0.5, 0.6) is 5.75 Å². The van der Waals surface area contributed by atoms with E-state index in [2.05, 4.69) is 13.8 Å². The summed E-state index contributed by atoms with van der Waals surface area (Å²) in [4.78, 5) is 10.6. The van der Waals surface area contributed by atoms with Gasteiger partial charge in [-0.2, -0.15) is 0 Å². The standard InChI is InChI=1S/C14H20O3/c1-4-17-12-7-5-11(6-8-14(15)16)13(9-12)10(2)3/h5,7,9-10H,4,6,8H2,1-3H3,(H,15,16). The zero-order valence-electron chi connectivity index (χ0n) is 10.7. The van der Waals surface area contributed by atoms with Crippen molar-refractivity contribution < 1.29 is 14.6 Å². The molecular weight excluding hydrogens is 216 g/mol. The van der Waals surface area contributed by atoms with Crippen LogP contribution in [-0.4, -0.2) is 17.7 Å². The Morgan fingerprint density at radius 1 is 1.41 bits per heavy atom. The van der Waals surface area contributed by atoms with E-state index in [0.717, 1.165) is 11.3 Å². The van der Waals surface area contributed by atoms with Crippen LogP contribution >= 0.6 is 0 Å². The average Bonchev–Trinajstić information content (AvgIpc) is 2.27. The maximum absolute atomic E-state index is 10.6. The second kappa shape index (κ2) is 6.28. The fraction of sp³-hybridized carbons (Fsp3) is 0.500. The van der Waals surface area contributed by atoms with Gasteiger partial charge in [-0.05, 0) is 42.5 Å². The number of hydrogen-bond acceptors (Lipinski definition) is 2. The summed E-state index contributed by atoms with van der Waals surface area (Å²) in [5.74, 6) is 0.475. The van der Waals surface area contributed by atoms with Crippen molar-refractivity contribution in [2.45, 2.75) is 39.5 Å². The minimum absolute atomic E-state index is 0.174. The lowest BCUT2D eigenvalue weighted by atomic mass is 9.94. The largest absolute Gasteiger partial charge is 0.494 e. The third-order valence-corrected chi connectivity index (χ3v) is 2.66. The second-order valence-corrected chi connectivity index (χ2v) is 4.34. The molecule has 0 atom stereocenters. The second-order valence-electron chi connectivity index (χ2n) is 4.34. The SMILES string of the molecule is CCOc1ccc(CCC(=O)O)c(C(C)C)c1. The van der Waals surface area contributed by atoms with Gasteiger partial charge in [0.05, 0.1) is 6.61 Å². The Morgan fingerprint density at radius 3 is 2.65 bits per heavy atom. The van der Waals surface area contributed by atoms with Gasteiger partial charge in [0.1, 0.15) is 5.75 Å². The van der Waals surface area contributed by atoms with Crippen molar-refractivity contribution >= 4 is 5.97 Å². The quantitative estimate of drug-likeness (QED) is 0.824. The topological polar surface area (TPSA) is 46.5 Å². The molecule has 0 heterocycles. The molecule has 0 radical (unpaired) electrons. The van der Waals surface area contributed by atoms with Crippen LogP contribution in [-0.2, 0) is 11.2 Å². The maximum atomic E-state index is 10.6. The van der Waals surface area contributed by atoms with Gasteiger partial charge in [0.25, 0.3) is 0 Å². The molecule has 0 unspecified atom stereocenters. The van der Waals surface area contributed by atoms with Gasteiger partial charge >= 0.3 is 5.97 Å². The Balaban J connectivity index is 2.91. The fourth-order valence-corrected chi connectivity index (χ4v) is 1.84. The molecule has 0 aliphatic rings. The fourth-order valence-electron chi connectivity index (χ4n) is 1.84. The summed E-state index contributed by atoms with van der Waals surface area (Å²) in [6.07, 6.45) is 0.753. The van der Waals surface area contributed by atoms with E-state index in [1.165, 1.54) is 5.56 Å². The predicted octanol–water partition coefficient (Wildman–Crippen LogP) is 3.23. The molecule has 3 heteroatoms. The van der Waals surface area contributed by atoms with Crippen LogP contribution in [0.2, 0.25) is 0 Å². The number of ether oxygens (including phenoxy) is 1. The lowest BCUT2D eigenvalue weighted by Gasteiger charge is -2.14. The van der Waals surface area contributed by atoms with Gasteiger partial charge in [-0.15, -0.1) is 0 Å². The summed E-state index contributed by atoms with van der Waals surface area (Å²) in [5, 5.41) is 8.72. The summed E-state index contributed by atoms with van der Waals surface area (Å²) in [7, 11) is 0. The highest BCUT2D eigenvalue weighted by Gasteiger charge is 2.09. The smallest absolute Gasteiger partial charge is 0.303 e. The zero-order chi connectivity index (χ0) is 12.8. The third-order valence-electron chi connectivity index (χ3n) is 2.66. The summed E-state index contributed by atoms with van der Waals surface area (Å²) >= 11 is 0. The number of carbonyl (C=O) groups is 1. The molecule has 0 saturated carbocycles. The molecular formula is C14H20O3. The van der Waals surface area contributed by atoms with E-state index in [9.17, 15) is 4.79 Å². The Morgan fingerprint density at radius 2 is 2.12 bits per heavy atom. The van der Waals surface area contributed by atoms with Gasteiger partial charge in [0, 0.05) is 6.42 Å². The molecule has 3 nitrogen and oxygen atoms in total. The first-order valence-electron chi connectivity index (χ1n) is 6.02. The van der Waals surface area contributed by atoms with Crippen molar-refractivity contribution in [2.75, 3.05) is 6.61 Å². The summed E-state index contributed by atoms with van der Waals surface area (Å²) in [5.41, 5.74) is 2.28. The van der Waals surface area contributed by atoms with Gasteiger partial charge in [0.15, 0.2) is 0 Å². The van der Waals surface area contributed by atoms with Gasteiger partial charge in [-0.1, -0.05) is 19.9 Å². The molecule has 1 N–H and O–H groups in total. The first-order chi connectivity index (χ1) is 8.04. The van der Waals surface area contributed by atoms with Gasteiger partial charge < -0.3 is 9.84 Å². The highest BCUT2D eigenvalue weighted by atomic mass is 16.5. The van der Waals surface area contributed by atoms with E-state index in [4.69, 9.17) is 9.84 Å². The molecule has 17 heavy (non-hydrogen) atoms. The van der Waals surface area contributed by atoms with Crippen molar-refractivity contribution in [1.82, 2.24) is 0 Å². The highest BCUT2D eigenvalue weighted by Crippen LogP contribution is 2.25. The van der Waals surface area contributed by atoms with E-state index < -0.39 is 5.97 Å². The van der Waals surface area contributed by atoms with Crippen LogP contribution in [0.3, 0.4) is 0 Å². The van der Waals surface area contributed by atoms with E-state index in [0.29, 0.717) is 18.9 Å².